The molecule has 7 nitrogen and oxygen atoms in total. The van der Waals surface area contributed by atoms with Gasteiger partial charge >= 0.3 is 0 Å². The second kappa shape index (κ2) is 7.12. The average molecular weight is 460 g/mol. The van der Waals surface area contributed by atoms with Crippen LogP contribution in [0.25, 0.3) is 22.0 Å². The molecule has 1 amide bonds. The van der Waals surface area contributed by atoms with Gasteiger partial charge in [0.25, 0.3) is 0 Å². The standard InChI is InChI=1S/C26H26FN5O2/c27-21-10-18(3-5-20(21)17-4-6-22-19(9-17)11-28-30-22)23-29-26(7-8-26)25(34)32(23)14-15-12-31(13-15)24(33)16-1-2-16/h3-6,9-11,15-16,25,34H,1-2,7-8,12-14H2,(H,28,30). The molecule has 8 heteroatoms. The highest BCUT2D eigenvalue weighted by Gasteiger charge is 2.57. The second-order valence-corrected chi connectivity index (χ2v) is 10.3. The SMILES string of the molecule is O=C(C1CC1)N1CC(CN2C(c3ccc(-c4ccc5[nH]ncc5c4)c(F)c3)=NC3(CC3)C2O)C1. The Bertz CT molecular complexity index is 1340. The molecule has 174 valence electrons. The molecule has 3 heterocycles. The molecular formula is C26H26FN5O2. The van der Waals surface area contributed by atoms with Crippen molar-refractivity contribution >= 4 is 22.6 Å². The Hall–Kier alpha value is -3.26. The third-order valence-corrected chi connectivity index (χ3v) is 7.77. The zero-order valence-electron chi connectivity index (χ0n) is 18.7. The summed E-state index contributed by atoms with van der Waals surface area (Å²) in [6.07, 6.45) is 4.75. The van der Waals surface area contributed by atoms with Gasteiger partial charge in [0.05, 0.1) is 11.7 Å². The quantitative estimate of drug-likeness (QED) is 0.614. The van der Waals surface area contributed by atoms with E-state index in [-0.39, 0.29) is 17.6 Å². The Kier molecular flexibility index (Phi) is 4.22. The fourth-order valence-electron chi connectivity index (χ4n) is 5.38. The van der Waals surface area contributed by atoms with Crippen molar-refractivity contribution in [1.29, 1.82) is 0 Å². The summed E-state index contributed by atoms with van der Waals surface area (Å²) in [6, 6.07) is 10.9. The predicted octanol–water partition coefficient (Wildman–Crippen LogP) is 3.15. The molecule has 7 rings (SSSR count). The van der Waals surface area contributed by atoms with E-state index in [1.165, 1.54) is 6.07 Å². The van der Waals surface area contributed by atoms with E-state index in [1.807, 2.05) is 34.1 Å². The van der Waals surface area contributed by atoms with Crippen LogP contribution >= 0.6 is 0 Å². The first-order valence-corrected chi connectivity index (χ1v) is 12.1. The van der Waals surface area contributed by atoms with Gasteiger partial charge in [-0.15, -0.1) is 0 Å². The van der Waals surface area contributed by atoms with Crippen LogP contribution < -0.4 is 0 Å². The van der Waals surface area contributed by atoms with Crippen molar-refractivity contribution in [2.45, 2.75) is 37.5 Å². The van der Waals surface area contributed by atoms with Crippen LogP contribution in [0.2, 0.25) is 0 Å². The number of aliphatic hydroxyl groups excluding tert-OH is 1. The molecule has 3 aromatic rings. The molecule has 2 N–H and O–H groups in total. The van der Waals surface area contributed by atoms with E-state index in [0.717, 1.165) is 55.2 Å². The number of rotatable bonds is 5. The summed E-state index contributed by atoms with van der Waals surface area (Å²) in [4.78, 5) is 21.0. The third-order valence-electron chi connectivity index (χ3n) is 7.77. The lowest BCUT2D eigenvalue weighted by Crippen LogP contribution is -2.56. The summed E-state index contributed by atoms with van der Waals surface area (Å²) in [5.74, 6) is 1.15. The van der Waals surface area contributed by atoms with E-state index in [4.69, 9.17) is 4.99 Å². The molecule has 34 heavy (non-hydrogen) atoms. The summed E-state index contributed by atoms with van der Waals surface area (Å²) < 4.78 is 15.3. The zero-order valence-corrected chi connectivity index (χ0v) is 18.7. The minimum absolute atomic E-state index is 0.237. The number of amides is 1. The molecule has 2 saturated carbocycles. The number of amidine groups is 1. The van der Waals surface area contributed by atoms with Crippen molar-refractivity contribution in [1.82, 2.24) is 20.0 Å². The molecule has 1 aromatic heterocycles. The van der Waals surface area contributed by atoms with Gasteiger partial charge in [-0.2, -0.15) is 5.10 Å². The number of H-pyrrole nitrogens is 1. The molecule has 0 radical (unpaired) electrons. The van der Waals surface area contributed by atoms with E-state index in [1.54, 1.807) is 12.3 Å². The van der Waals surface area contributed by atoms with Crippen molar-refractivity contribution in [2.24, 2.45) is 16.8 Å². The van der Waals surface area contributed by atoms with E-state index in [9.17, 15) is 9.90 Å². The van der Waals surface area contributed by atoms with Crippen LogP contribution in [0.5, 0.6) is 0 Å². The number of aliphatic hydroxyl groups is 1. The summed E-state index contributed by atoms with van der Waals surface area (Å²) in [5, 5.41) is 18.9. The van der Waals surface area contributed by atoms with Crippen LogP contribution in [0, 0.1) is 17.7 Å². The minimum atomic E-state index is -0.693. The molecule has 1 saturated heterocycles. The summed E-state index contributed by atoms with van der Waals surface area (Å²) in [7, 11) is 0. The lowest BCUT2D eigenvalue weighted by Gasteiger charge is -2.42. The van der Waals surface area contributed by atoms with Crippen LogP contribution in [-0.4, -0.2) is 68.2 Å². The first-order chi connectivity index (χ1) is 16.5. The van der Waals surface area contributed by atoms with E-state index in [2.05, 4.69) is 10.2 Å². The van der Waals surface area contributed by atoms with Gasteiger partial charge in [-0.3, -0.25) is 14.9 Å². The summed E-state index contributed by atoms with van der Waals surface area (Å²) >= 11 is 0. The maximum Gasteiger partial charge on any atom is 0.225 e. The fraction of sp³-hybridized carbons (Fsp3) is 0.423. The highest BCUT2D eigenvalue weighted by molar-refractivity contribution is 6.01. The lowest BCUT2D eigenvalue weighted by atomic mass is 9.97. The number of nitrogens with one attached hydrogen (secondary N) is 1. The van der Waals surface area contributed by atoms with Crippen LogP contribution in [0.3, 0.4) is 0 Å². The molecule has 1 unspecified atom stereocenters. The van der Waals surface area contributed by atoms with Gasteiger partial charge in [0, 0.05) is 48.0 Å². The number of hydrogen-bond acceptors (Lipinski definition) is 5. The summed E-state index contributed by atoms with van der Waals surface area (Å²) in [6.45, 7) is 2.07. The summed E-state index contributed by atoms with van der Waals surface area (Å²) in [5.41, 5.74) is 2.44. The van der Waals surface area contributed by atoms with E-state index in [0.29, 0.717) is 29.4 Å². The monoisotopic (exact) mass is 459 g/mol. The Morgan fingerprint density at radius 2 is 1.94 bits per heavy atom. The minimum Gasteiger partial charge on any atom is -0.371 e. The number of carbonyl (C=O) groups excluding carboxylic acids is 1. The first-order valence-electron chi connectivity index (χ1n) is 12.1. The van der Waals surface area contributed by atoms with Crippen LogP contribution in [0.15, 0.2) is 47.6 Å². The number of aromatic amines is 1. The van der Waals surface area contributed by atoms with Gasteiger partial charge in [0.15, 0.2) is 6.23 Å². The Balaban J connectivity index is 1.14. The molecule has 3 fully saturated rings. The molecule has 2 aliphatic heterocycles. The molecule has 4 aliphatic rings. The van der Waals surface area contributed by atoms with Gasteiger partial charge in [-0.05, 0) is 49.4 Å². The van der Waals surface area contributed by atoms with Crippen molar-refractivity contribution < 1.29 is 14.3 Å². The van der Waals surface area contributed by atoms with Crippen LogP contribution in [0.4, 0.5) is 4.39 Å². The molecular weight excluding hydrogens is 433 g/mol. The number of benzene rings is 2. The Morgan fingerprint density at radius 3 is 2.68 bits per heavy atom. The number of carbonyl (C=O) groups is 1. The largest absolute Gasteiger partial charge is 0.371 e. The van der Waals surface area contributed by atoms with Crippen molar-refractivity contribution in [3.8, 4) is 11.1 Å². The normalized spacial score (nSPS) is 23.5. The zero-order chi connectivity index (χ0) is 23.0. The maximum absolute atomic E-state index is 15.3. The smallest absolute Gasteiger partial charge is 0.225 e. The number of nitrogens with zero attached hydrogens (tertiary/aromatic N) is 4. The van der Waals surface area contributed by atoms with Gasteiger partial charge < -0.3 is 14.9 Å². The fourth-order valence-corrected chi connectivity index (χ4v) is 5.38. The maximum atomic E-state index is 15.3. The number of aliphatic imine (C=N–C) groups is 1. The Labute approximate surface area is 196 Å². The van der Waals surface area contributed by atoms with Crippen LogP contribution in [-0.2, 0) is 4.79 Å². The highest BCUT2D eigenvalue weighted by atomic mass is 19.1. The first kappa shape index (κ1) is 20.1. The lowest BCUT2D eigenvalue weighted by molar-refractivity contribution is -0.139. The molecule has 1 atom stereocenters. The molecule has 1 spiro atoms. The van der Waals surface area contributed by atoms with Gasteiger partial charge in [-0.25, -0.2) is 4.39 Å². The van der Waals surface area contributed by atoms with E-state index < -0.39 is 11.8 Å². The third kappa shape index (κ3) is 3.15. The van der Waals surface area contributed by atoms with Gasteiger partial charge in [-0.1, -0.05) is 18.2 Å². The van der Waals surface area contributed by atoms with Gasteiger partial charge in [0.1, 0.15) is 17.2 Å². The molecule has 0 bridgehead atoms. The number of fused-ring (bicyclic) bond motifs is 1. The predicted molar refractivity (Wildman–Crippen MR) is 125 cm³/mol. The highest BCUT2D eigenvalue weighted by Crippen LogP contribution is 2.49. The van der Waals surface area contributed by atoms with Crippen LogP contribution in [0.1, 0.15) is 31.2 Å². The molecule has 2 aromatic carbocycles. The van der Waals surface area contributed by atoms with Crippen molar-refractivity contribution in [2.75, 3.05) is 19.6 Å². The average Bonchev–Trinajstić information content (AvgIpc) is 3.72. The number of aromatic nitrogens is 2. The number of halogens is 1. The molecule has 2 aliphatic carbocycles. The van der Waals surface area contributed by atoms with E-state index >= 15 is 4.39 Å². The van der Waals surface area contributed by atoms with Crippen molar-refractivity contribution in [3.63, 3.8) is 0 Å². The topological polar surface area (TPSA) is 84.8 Å². The number of hydrogen-bond donors (Lipinski definition) is 2. The van der Waals surface area contributed by atoms with Crippen molar-refractivity contribution in [3.05, 3.63) is 54.0 Å². The second-order valence-electron chi connectivity index (χ2n) is 10.3. The van der Waals surface area contributed by atoms with Gasteiger partial charge in [0.2, 0.25) is 5.91 Å². The number of likely N-dealkylation sites (tertiary alicyclic amines) is 1. The Morgan fingerprint density at radius 1 is 1.15 bits per heavy atom.